The largest absolute Gasteiger partial charge is 0.463 e. The van der Waals surface area contributed by atoms with Crippen LogP contribution in [0.1, 0.15) is 36.5 Å². The van der Waals surface area contributed by atoms with Gasteiger partial charge in [0.1, 0.15) is 0 Å². The Bertz CT molecular complexity index is 715. The SMILES string of the molecule is C=CCN1C(=O)c2ccccc2N2C(=O)CC[C@]12C(=O)OCCC. The van der Waals surface area contributed by atoms with Crippen molar-refractivity contribution in [1.29, 1.82) is 0 Å². The second kappa shape index (κ2) is 6.11. The summed E-state index contributed by atoms with van der Waals surface area (Å²) in [6, 6.07) is 6.86. The molecule has 126 valence electrons. The fraction of sp³-hybridized carbons (Fsp3) is 0.389. The van der Waals surface area contributed by atoms with E-state index in [0.717, 1.165) is 0 Å². The van der Waals surface area contributed by atoms with Crippen LogP contribution in [0, 0.1) is 0 Å². The van der Waals surface area contributed by atoms with Gasteiger partial charge in [0.2, 0.25) is 11.6 Å². The number of para-hydroxylation sites is 1. The van der Waals surface area contributed by atoms with Gasteiger partial charge in [0.05, 0.1) is 17.9 Å². The van der Waals surface area contributed by atoms with Gasteiger partial charge in [0.25, 0.3) is 5.91 Å². The Morgan fingerprint density at radius 2 is 2.12 bits per heavy atom. The first-order valence-corrected chi connectivity index (χ1v) is 8.10. The molecule has 1 atom stereocenters. The summed E-state index contributed by atoms with van der Waals surface area (Å²) in [5.41, 5.74) is -0.529. The van der Waals surface area contributed by atoms with Crippen LogP contribution in [0.3, 0.4) is 0 Å². The number of hydrogen-bond donors (Lipinski definition) is 0. The van der Waals surface area contributed by atoms with E-state index in [9.17, 15) is 14.4 Å². The quantitative estimate of drug-likeness (QED) is 0.613. The number of nitrogens with zero attached hydrogens (tertiary/aromatic N) is 2. The van der Waals surface area contributed by atoms with Gasteiger partial charge in [0.15, 0.2) is 0 Å². The van der Waals surface area contributed by atoms with Gasteiger partial charge in [0, 0.05) is 19.4 Å². The van der Waals surface area contributed by atoms with Gasteiger partial charge in [-0.25, -0.2) is 4.79 Å². The molecule has 0 bridgehead atoms. The van der Waals surface area contributed by atoms with Gasteiger partial charge in [-0.2, -0.15) is 0 Å². The van der Waals surface area contributed by atoms with Crippen LogP contribution in [0.25, 0.3) is 0 Å². The molecule has 6 nitrogen and oxygen atoms in total. The first kappa shape index (κ1) is 16.2. The molecule has 2 aliphatic heterocycles. The molecule has 2 amide bonds. The van der Waals surface area contributed by atoms with E-state index < -0.39 is 11.6 Å². The number of hydrogen-bond acceptors (Lipinski definition) is 4. The minimum absolute atomic E-state index is 0.165. The van der Waals surface area contributed by atoms with Crippen molar-refractivity contribution < 1.29 is 19.1 Å². The number of rotatable bonds is 5. The van der Waals surface area contributed by atoms with Crippen LogP contribution in [-0.2, 0) is 14.3 Å². The molecule has 0 aliphatic carbocycles. The summed E-state index contributed by atoms with van der Waals surface area (Å²) in [6.07, 6.45) is 2.64. The Hall–Kier alpha value is -2.63. The summed E-state index contributed by atoms with van der Waals surface area (Å²) < 4.78 is 5.36. The van der Waals surface area contributed by atoms with E-state index in [-0.39, 0.29) is 37.8 Å². The lowest BCUT2D eigenvalue weighted by Gasteiger charge is -2.48. The van der Waals surface area contributed by atoms with Crippen molar-refractivity contribution in [2.24, 2.45) is 0 Å². The van der Waals surface area contributed by atoms with E-state index in [0.29, 0.717) is 17.7 Å². The Kier molecular flexibility index (Phi) is 4.13. The minimum Gasteiger partial charge on any atom is -0.463 e. The summed E-state index contributed by atoms with van der Waals surface area (Å²) in [6.45, 7) is 5.99. The zero-order valence-electron chi connectivity index (χ0n) is 13.7. The molecule has 24 heavy (non-hydrogen) atoms. The van der Waals surface area contributed by atoms with E-state index in [1.165, 1.54) is 9.80 Å². The van der Waals surface area contributed by atoms with Gasteiger partial charge in [-0.15, -0.1) is 6.58 Å². The fourth-order valence-corrected chi connectivity index (χ4v) is 3.44. The summed E-state index contributed by atoms with van der Waals surface area (Å²) in [5, 5.41) is 0. The van der Waals surface area contributed by atoms with E-state index in [2.05, 4.69) is 6.58 Å². The molecular formula is C18H20N2O4. The molecule has 1 aromatic carbocycles. The van der Waals surface area contributed by atoms with Gasteiger partial charge in [-0.05, 0) is 18.6 Å². The van der Waals surface area contributed by atoms with Crippen LogP contribution in [0.15, 0.2) is 36.9 Å². The monoisotopic (exact) mass is 328 g/mol. The zero-order valence-corrected chi connectivity index (χ0v) is 13.7. The van der Waals surface area contributed by atoms with Gasteiger partial charge < -0.3 is 9.64 Å². The topological polar surface area (TPSA) is 66.9 Å². The van der Waals surface area contributed by atoms with Crippen LogP contribution >= 0.6 is 0 Å². The van der Waals surface area contributed by atoms with E-state index in [1.807, 2.05) is 6.92 Å². The van der Waals surface area contributed by atoms with E-state index >= 15 is 0 Å². The highest BCUT2D eigenvalue weighted by Crippen LogP contribution is 2.44. The lowest BCUT2D eigenvalue weighted by atomic mass is 9.96. The van der Waals surface area contributed by atoms with Crippen molar-refractivity contribution >= 4 is 23.5 Å². The average Bonchev–Trinajstić information content (AvgIpc) is 2.95. The standard InChI is InChI=1S/C18H20N2O4/c1-3-11-19-16(22)13-7-5-6-8-14(13)20-15(21)9-10-18(19,20)17(23)24-12-4-2/h3,5-8H,1,4,9-12H2,2H3/t18-/m0/s1. The molecule has 3 rings (SSSR count). The third-order valence-corrected chi connectivity index (χ3v) is 4.45. The first-order chi connectivity index (χ1) is 11.6. The molecule has 0 spiro atoms. The molecule has 0 aromatic heterocycles. The fourth-order valence-electron chi connectivity index (χ4n) is 3.44. The lowest BCUT2D eigenvalue weighted by molar-refractivity contribution is -0.157. The molecule has 1 fully saturated rings. The maximum absolute atomic E-state index is 13.0. The first-order valence-electron chi connectivity index (χ1n) is 8.10. The van der Waals surface area contributed by atoms with E-state index in [4.69, 9.17) is 4.74 Å². The molecule has 0 radical (unpaired) electrons. The smallest absolute Gasteiger partial charge is 0.353 e. The number of benzene rings is 1. The van der Waals surface area contributed by atoms with Crippen molar-refractivity contribution in [3.05, 3.63) is 42.5 Å². The Morgan fingerprint density at radius 1 is 1.38 bits per heavy atom. The number of anilines is 1. The minimum atomic E-state index is -1.41. The van der Waals surface area contributed by atoms with E-state index in [1.54, 1.807) is 30.3 Å². The second-order valence-electron chi connectivity index (χ2n) is 5.90. The van der Waals surface area contributed by atoms with Crippen molar-refractivity contribution in [3.8, 4) is 0 Å². The second-order valence-corrected chi connectivity index (χ2v) is 5.90. The summed E-state index contributed by atoms with van der Waals surface area (Å²) in [5.74, 6) is -1.03. The molecule has 6 heteroatoms. The predicted octanol–water partition coefficient (Wildman–Crippen LogP) is 2.10. The lowest BCUT2D eigenvalue weighted by Crippen LogP contribution is -2.68. The van der Waals surface area contributed by atoms with Crippen LogP contribution in [0.5, 0.6) is 0 Å². The highest BCUT2D eigenvalue weighted by Gasteiger charge is 2.61. The molecule has 2 aliphatic rings. The zero-order chi connectivity index (χ0) is 17.3. The number of esters is 1. The Morgan fingerprint density at radius 3 is 2.83 bits per heavy atom. The third-order valence-electron chi connectivity index (χ3n) is 4.45. The highest BCUT2D eigenvalue weighted by atomic mass is 16.5. The molecule has 2 heterocycles. The normalized spacial score (nSPS) is 22.2. The van der Waals surface area contributed by atoms with Crippen molar-refractivity contribution in [2.75, 3.05) is 18.1 Å². The maximum atomic E-state index is 13.0. The molecule has 1 saturated heterocycles. The summed E-state index contributed by atoms with van der Waals surface area (Å²) >= 11 is 0. The third kappa shape index (κ3) is 2.13. The van der Waals surface area contributed by atoms with Gasteiger partial charge in [-0.3, -0.25) is 14.5 Å². The number of fused-ring (bicyclic) bond motifs is 3. The molecular weight excluding hydrogens is 308 g/mol. The van der Waals surface area contributed by atoms with Crippen molar-refractivity contribution in [2.45, 2.75) is 31.8 Å². The van der Waals surface area contributed by atoms with Crippen LogP contribution in [0.4, 0.5) is 5.69 Å². The maximum Gasteiger partial charge on any atom is 0.353 e. The summed E-state index contributed by atoms with van der Waals surface area (Å²) in [4.78, 5) is 41.3. The van der Waals surface area contributed by atoms with Crippen LogP contribution < -0.4 is 4.90 Å². The van der Waals surface area contributed by atoms with Crippen molar-refractivity contribution in [3.63, 3.8) is 0 Å². The molecule has 0 N–H and O–H groups in total. The highest BCUT2D eigenvalue weighted by molar-refractivity contribution is 6.15. The predicted molar refractivity (Wildman–Crippen MR) is 88.4 cm³/mol. The van der Waals surface area contributed by atoms with Crippen LogP contribution in [0.2, 0.25) is 0 Å². The number of carbonyl (C=O) groups excluding carboxylic acids is 3. The number of ether oxygens (including phenoxy) is 1. The molecule has 1 aromatic rings. The van der Waals surface area contributed by atoms with Crippen molar-refractivity contribution in [1.82, 2.24) is 4.90 Å². The van der Waals surface area contributed by atoms with Gasteiger partial charge in [-0.1, -0.05) is 25.1 Å². The molecule has 0 saturated carbocycles. The Balaban J connectivity index is 2.18. The average molecular weight is 328 g/mol. The number of amides is 2. The van der Waals surface area contributed by atoms with Gasteiger partial charge >= 0.3 is 5.97 Å². The van der Waals surface area contributed by atoms with Crippen LogP contribution in [-0.4, -0.2) is 41.5 Å². The Labute approximate surface area is 140 Å². The summed E-state index contributed by atoms with van der Waals surface area (Å²) in [7, 11) is 0. The number of carbonyl (C=O) groups is 3. The molecule has 0 unspecified atom stereocenters.